The summed E-state index contributed by atoms with van der Waals surface area (Å²) < 4.78 is 1.65. The zero-order chi connectivity index (χ0) is 29.9. The van der Waals surface area contributed by atoms with Crippen molar-refractivity contribution in [3.8, 4) is 22.3 Å². The van der Waals surface area contributed by atoms with E-state index in [0.29, 0.717) is 52.3 Å². The number of piperidine rings is 1. The van der Waals surface area contributed by atoms with E-state index in [2.05, 4.69) is 44.9 Å². The second-order valence-corrected chi connectivity index (χ2v) is 11.2. The fourth-order valence-corrected chi connectivity index (χ4v) is 5.97. The smallest absolute Gasteiger partial charge is 0.260 e. The van der Waals surface area contributed by atoms with Gasteiger partial charge in [-0.15, -0.1) is 0 Å². The van der Waals surface area contributed by atoms with E-state index in [-0.39, 0.29) is 11.3 Å². The van der Waals surface area contributed by atoms with Crippen LogP contribution in [0, 0.1) is 0 Å². The van der Waals surface area contributed by atoms with Crippen molar-refractivity contribution < 1.29 is 4.79 Å². The molecule has 1 aliphatic rings. The fourth-order valence-electron chi connectivity index (χ4n) is 5.69. The monoisotopic (exact) mass is 592 g/mol. The zero-order valence-corrected chi connectivity index (χ0v) is 25.0. The summed E-state index contributed by atoms with van der Waals surface area (Å²) in [5, 5.41) is 7.88. The molecule has 6 rings (SSSR count). The Morgan fingerprint density at radius 3 is 2.47 bits per heavy atom. The number of halogens is 1. The van der Waals surface area contributed by atoms with Gasteiger partial charge in [0.25, 0.3) is 5.56 Å². The molecule has 3 aromatic heterocycles. The van der Waals surface area contributed by atoms with Gasteiger partial charge in [-0.1, -0.05) is 42.8 Å². The van der Waals surface area contributed by atoms with Crippen molar-refractivity contribution in [2.75, 3.05) is 18.4 Å². The number of hydrogen-bond acceptors (Lipinski definition) is 7. The number of aromatic nitrogens is 4. The van der Waals surface area contributed by atoms with Crippen LogP contribution in [0.4, 0.5) is 11.6 Å². The van der Waals surface area contributed by atoms with Crippen LogP contribution in [-0.2, 0) is 6.54 Å². The van der Waals surface area contributed by atoms with Crippen LogP contribution in [0.1, 0.15) is 55.1 Å². The number of rotatable bonds is 8. The van der Waals surface area contributed by atoms with Crippen molar-refractivity contribution in [2.45, 2.75) is 45.6 Å². The lowest BCUT2D eigenvalue weighted by molar-refractivity contribution is 0.0983. The van der Waals surface area contributed by atoms with Gasteiger partial charge >= 0.3 is 0 Å². The van der Waals surface area contributed by atoms with Crippen molar-refractivity contribution in [1.82, 2.24) is 24.8 Å². The van der Waals surface area contributed by atoms with Crippen LogP contribution in [0.25, 0.3) is 33.3 Å². The summed E-state index contributed by atoms with van der Waals surface area (Å²) in [5.41, 5.74) is 5.80. The second kappa shape index (κ2) is 12.5. The van der Waals surface area contributed by atoms with Crippen molar-refractivity contribution in [3.05, 3.63) is 99.7 Å². The molecule has 1 saturated heterocycles. The van der Waals surface area contributed by atoms with Crippen molar-refractivity contribution >= 4 is 40.1 Å². The highest BCUT2D eigenvalue weighted by atomic mass is 35.5. The summed E-state index contributed by atoms with van der Waals surface area (Å²) in [6.07, 6.45) is 6.04. The van der Waals surface area contributed by atoms with Gasteiger partial charge in [-0.25, -0.2) is 4.98 Å². The molecule has 0 amide bonds. The number of carbonyl (C=O) groups is 1. The molecule has 0 spiro atoms. The number of Topliss-reactive ketones (excluding diaryl/α,β-unsaturated/α-hetero) is 1. The number of ketones is 1. The van der Waals surface area contributed by atoms with Gasteiger partial charge in [0, 0.05) is 52.6 Å². The molecule has 0 bridgehead atoms. The molecular formula is C34H33ClN6O2. The molecular weight excluding hydrogens is 560 g/mol. The van der Waals surface area contributed by atoms with Crippen LogP contribution < -0.4 is 16.2 Å². The van der Waals surface area contributed by atoms with Gasteiger partial charge in [0.05, 0.1) is 0 Å². The lowest BCUT2D eigenvalue weighted by atomic mass is 9.90. The molecule has 4 heterocycles. The maximum Gasteiger partial charge on any atom is 0.260 e. The highest BCUT2D eigenvalue weighted by Gasteiger charge is 2.17. The van der Waals surface area contributed by atoms with Gasteiger partial charge in [-0.2, -0.15) is 4.98 Å². The van der Waals surface area contributed by atoms with Crippen molar-refractivity contribution in [2.24, 2.45) is 0 Å². The molecule has 1 aliphatic heterocycles. The number of nitrogens with one attached hydrogen (secondary N) is 2. The van der Waals surface area contributed by atoms with Crippen LogP contribution in [0.5, 0.6) is 0 Å². The third kappa shape index (κ3) is 5.94. The molecule has 9 heteroatoms. The third-order valence-corrected chi connectivity index (χ3v) is 8.39. The Balaban J connectivity index is 1.29. The van der Waals surface area contributed by atoms with E-state index >= 15 is 0 Å². The van der Waals surface area contributed by atoms with Crippen LogP contribution >= 0.6 is 11.6 Å². The molecule has 5 aromatic rings. The van der Waals surface area contributed by atoms with Gasteiger partial charge < -0.3 is 10.6 Å². The minimum Gasteiger partial charge on any atom is -0.324 e. The Kier molecular flexibility index (Phi) is 8.31. The quantitative estimate of drug-likeness (QED) is 0.187. The third-order valence-electron chi connectivity index (χ3n) is 8.08. The number of pyridine rings is 2. The van der Waals surface area contributed by atoms with Crippen molar-refractivity contribution in [1.29, 1.82) is 0 Å². The number of benzene rings is 2. The van der Waals surface area contributed by atoms with Crippen LogP contribution in [0.3, 0.4) is 0 Å². The average Bonchev–Trinajstić information content (AvgIpc) is 3.05. The Morgan fingerprint density at radius 1 is 0.977 bits per heavy atom. The van der Waals surface area contributed by atoms with Crippen LogP contribution in [0.2, 0.25) is 5.02 Å². The molecule has 0 atom stereocenters. The highest BCUT2D eigenvalue weighted by molar-refractivity contribution is 6.33. The zero-order valence-electron chi connectivity index (χ0n) is 24.2. The molecule has 0 aliphatic carbocycles. The van der Waals surface area contributed by atoms with E-state index in [1.54, 1.807) is 29.1 Å². The Morgan fingerprint density at radius 2 is 1.74 bits per heavy atom. The standard InChI is InChI=1S/C34H33ClN6O2/c1-3-31(42)30-19-24(13-16-37-30)23-7-10-27(29(35)18-23)28-17-25-20-38-34(40-32(25)41(4-2)33(28)43)39-26-8-5-21(6-9-26)22-11-14-36-15-12-22/h5-10,13,16-20,22,36H,3-4,11-12,14-15H2,1-2H3,(H,38,39,40). The summed E-state index contributed by atoms with van der Waals surface area (Å²) in [6.45, 7) is 6.28. The van der Waals surface area contributed by atoms with Crippen molar-refractivity contribution in [3.63, 3.8) is 0 Å². The van der Waals surface area contributed by atoms with E-state index in [0.717, 1.165) is 48.1 Å². The van der Waals surface area contributed by atoms with Crippen LogP contribution in [0.15, 0.2) is 77.9 Å². The number of hydrogen-bond donors (Lipinski definition) is 2. The first-order valence-corrected chi connectivity index (χ1v) is 15.1. The summed E-state index contributed by atoms with van der Waals surface area (Å²) >= 11 is 6.76. The fraction of sp³-hybridized carbons (Fsp3) is 0.265. The number of aryl methyl sites for hydroxylation is 1. The first-order chi connectivity index (χ1) is 20.9. The summed E-state index contributed by atoms with van der Waals surface area (Å²) in [4.78, 5) is 39.3. The first kappa shape index (κ1) is 28.7. The number of anilines is 2. The maximum absolute atomic E-state index is 13.7. The molecule has 43 heavy (non-hydrogen) atoms. The van der Waals surface area contributed by atoms with Crippen LogP contribution in [-0.4, -0.2) is 38.4 Å². The number of nitrogens with zero attached hydrogens (tertiary/aromatic N) is 4. The minimum atomic E-state index is -0.180. The molecule has 0 unspecified atom stereocenters. The van der Waals surface area contributed by atoms with Gasteiger partial charge in [-0.3, -0.25) is 19.1 Å². The molecule has 2 N–H and O–H groups in total. The minimum absolute atomic E-state index is 0.0213. The summed E-state index contributed by atoms with van der Waals surface area (Å²) in [6, 6.07) is 19.4. The van der Waals surface area contributed by atoms with Gasteiger partial charge in [0.1, 0.15) is 11.3 Å². The second-order valence-electron chi connectivity index (χ2n) is 10.8. The topological polar surface area (TPSA) is 102 Å². The Labute approximate surface area is 255 Å². The Hall–Kier alpha value is -4.40. The SMILES string of the molecule is CCC(=O)c1cc(-c2ccc(-c3cc4cnc(Nc5ccc(C6CCNCC6)cc5)nc4n(CC)c3=O)c(Cl)c2)ccn1. The van der Waals surface area contributed by atoms with E-state index in [4.69, 9.17) is 16.6 Å². The molecule has 1 fully saturated rings. The summed E-state index contributed by atoms with van der Waals surface area (Å²) in [5.74, 6) is 0.995. The largest absolute Gasteiger partial charge is 0.324 e. The lowest BCUT2D eigenvalue weighted by Crippen LogP contribution is -2.26. The van der Waals surface area contributed by atoms with E-state index < -0.39 is 0 Å². The van der Waals surface area contributed by atoms with Gasteiger partial charge in [0.2, 0.25) is 5.95 Å². The predicted molar refractivity (Wildman–Crippen MR) is 172 cm³/mol. The highest BCUT2D eigenvalue weighted by Crippen LogP contribution is 2.33. The lowest BCUT2D eigenvalue weighted by Gasteiger charge is -2.23. The number of fused-ring (bicyclic) bond motifs is 1. The maximum atomic E-state index is 13.7. The molecule has 0 saturated carbocycles. The molecule has 2 aromatic carbocycles. The van der Waals surface area contributed by atoms with E-state index in [9.17, 15) is 9.59 Å². The normalized spacial score (nSPS) is 13.7. The van der Waals surface area contributed by atoms with E-state index in [1.807, 2.05) is 38.1 Å². The average molecular weight is 593 g/mol. The van der Waals surface area contributed by atoms with E-state index in [1.165, 1.54) is 5.56 Å². The number of carbonyl (C=O) groups excluding carboxylic acids is 1. The molecule has 8 nitrogen and oxygen atoms in total. The van der Waals surface area contributed by atoms with Gasteiger partial charge in [-0.05, 0) is 91.9 Å². The van der Waals surface area contributed by atoms with Gasteiger partial charge in [0.15, 0.2) is 5.78 Å². The predicted octanol–water partition coefficient (Wildman–Crippen LogP) is 7.00. The first-order valence-electron chi connectivity index (χ1n) is 14.7. The summed E-state index contributed by atoms with van der Waals surface area (Å²) in [7, 11) is 0. The molecule has 0 radical (unpaired) electrons. The molecule has 218 valence electrons. The Bertz CT molecular complexity index is 1860.